The van der Waals surface area contributed by atoms with Crippen LogP contribution in [-0.4, -0.2) is 47.7 Å². The molecule has 6 nitrogen and oxygen atoms in total. The Balaban J connectivity index is 1.52. The molecule has 1 aliphatic heterocycles. The molecule has 0 bridgehead atoms. The maximum Gasteiger partial charge on any atom is 0.329 e. The van der Waals surface area contributed by atoms with Gasteiger partial charge in [-0.3, -0.25) is 4.79 Å². The van der Waals surface area contributed by atoms with Crippen molar-refractivity contribution < 1.29 is 19.4 Å². The Bertz CT molecular complexity index is 1260. The molecule has 0 saturated carbocycles. The molecule has 1 atom stereocenters. The highest BCUT2D eigenvalue weighted by Crippen LogP contribution is 2.42. The van der Waals surface area contributed by atoms with Gasteiger partial charge in [0.1, 0.15) is 6.61 Å². The molecule has 2 aromatic carbocycles. The summed E-state index contributed by atoms with van der Waals surface area (Å²) in [6.07, 6.45) is 3.61. The summed E-state index contributed by atoms with van der Waals surface area (Å²) in [6, 6.07) is 9.42. The first kappa shape index (κ1) is 25.2. The van der Waals surface area contributed by atoms with E-state index in [1.165, 1.54) is 0 Å². The van der Waals surface area contributed by atoms with Gasteiger partial charge in [0.15, 0.2) is 0 Å². The number of carboxylic acids is 1. The number of aliphatic carboxylic acids is 1. The van der Waals surface area contributed by atoms with E-state index in [9.17, 15) is 14.9 Å². The van der Waals surface area contributed by atoms with Crippen molar-refractivity contribution in [1.29, 1.82) is 5.26 Å². The zero-order valence-corrected chi connectivity index (χ0v) is 21.1. The van der Waals surface area contributed by atoms with Gasteiger partial charge in [-0.25, -0.2) is 4.79 Å². The molecule has 35 heavy (non-hydrogen) atoms. The molecular formula is C27H26Cl2N2O4. The first-order valence-corrected chi connectivity index (χ1v) is 12.3. The Morgan fingerprint density at radius 2 is 1.94 bits per heavy atom. The van der Waals surface area contributed by atoms with Gasteiger partial charge in [-0.05, 0) is 72.7 Å². The predicted molar refractivity (Wildman–Crippen MR) is 135 cm³/mol. The van der Waals surface area contributed by atoms with Gasteiger partial charge in [0, 0.05) is 24.0 Å². The second-order valence-electron chi connectivity index (χ2n) is 9.11. The highest BCUT2D eigenvalue weighted by molar-refractivity contribution is 6.38. The van der Waals surface area contributed by atoms with E-state index in [2.05, 4.69) is 19.1 Å². The van der Waals surface area contributed by atoms with Crippen LogP contribution in [-0.2, 0) is 16.0 Å². The number of ether oxygens (including phenoxy) is 1. The van der Waals surface area contributed by atoms with Crippen molar-refractivity contribution in [3.8, 4) is 6.07 Å². The number of nitrogens with zero attached hydrogens (tertiary/aromatic N) is 2. The Morgan fingerprint density at radius 3 is 2.60 bits per heavy atom. The van der Waals surface area contributed by atoms with Gasteiger partial charge in [0.2, 0.25) is 0 Å². The Kier molecular flexibility index (Phi) is 7.51. The van der Waals surface area contributed by atoms with Crippen LogP contribution in [0.3, 0.4) is 0 Å². The molecule has 8 heteroatoms. The number of rotatable bonds is 6. The van der Waals surface area contributed by atoms with E-state index >= 15 is 0 Å². The van der Waals surface area contributed by atoms with Crippen LogP contribution >= 0.6 is 23.2 Å². The number of nitriles is 1. The summed E-state index contributed by atoms with van der Waals surface area (Å²) in [5.74, 6) is -1.07. The number of halogens is 2. The van der Waals surface area contributed by atoms with Gasteiger partial charge in [-0.2, -0.15) is 5.26 Å². The first-order chi connectivity index (χ1) is 16.7. The number of aryl methyl sites for hydroxylation is 1. The monoisotopic (exact) mass is 512 g/mol. The molecule has 1 heterocycles. The molecular weight excluding hydrogens is 487 g/mol. The van der Waals surface area contributed by atoms with Crippen molar-refractivity contribution in [3.63, 3.8) is 0 Å². The molecule has 0 spiro atoms. The SMILES string of the molecule is Cc1cc(C#N)cc2c1C=C(Cc1c(Cl)ccc(C(=O)N3CCC(OCC(=O)O)CC3)c1Cl)C2C. The summed E-state index contributed by atoms with van der Waals surface area (Å²) in [4.78, 5) is 25.7. The minimum Gasteiger partial charge on any atom is -0.480 e. The lowest BCUT2D eigenvalue weighted by Gasteiger charge is -2.32. The van der Waals surface area contributed by atoms with Crippen LogP contribution < -0.4 is 0 Å². The Hall–Kier alpha value is -2.85. The number of allylic oxidation sites excluding steroid dienone is 1. The maximum atomic E-state index is 13.3. The summed E-state index contributed by atoms with van der Waals surface area (Å²) in [5, 5.41) is 19.0. The average molecular weight is 513 g/mol. The average Bonchev–Trinajstić information content (AvgIpc) is 3.16. The fraction of sp³-hybridized carbons (Fsp3) is 0.370. The minimum atomic E-state index is -1.00. The quantitative estimate of drug-likeness (QED) is 0.541. The second-order valence-corrected chi connectivity index (χ2v) is 9.89. The lowest BCUT2D eigenvalue weighted by molar-refractivity contribution is -0.145. The molecule has 0 radical (unpaired) electrons. The van der Waals surface area contributed by atoms with E-state index in [1.807, 2.05) is 19.1 Å². The molecule has 1 fully saturated rings. The van der Waals surface area contributed by atoms with Crippen LogP contribution in [0, 0.1) is 18.3 Å². The van der Waals surface area contributed by atoms with Crippen LogP contribution in [0.2, 0.25) is 10.0 Å². The number of likely N-dealkylation sites (tertiary alicyclic amines) is 1. The van der Waals surface area contributed by atoms with E-state index in [4.69, 9.17) is 33.0 Å². The van der Waals surface area contributed by atoms with E-state index in [1.54, 1.807) is 17.0 Å². The third kappa shape index (κ3) is 5.23. The lowest BCUT2D eigenvalue weighted by atomic mass is 9.91. The van der Waals surface area contributed by atoms with E-state index in [0.29, 0.717) is 59.1 Å². The minimum absolute atomic E-state index is 0.105. The fourth-order valence-electron chi connectivity index (χ4n) is 4.87. The van der Waals surface area contributed by atoms with E-state index in [-0.39, 0.29) is 24.5 Å². The normalized spacial score (nSPS) is 17.6. The number of benzene rings is 2. The van der Waals surface area contributed by atoms with Crippen molar-refractivity contribution in [3.05, 3.63) is 73.3 Å². The second kappa shape index (κ2) is 10.4. The standard InChI is InChI=1S/C27H26Cl2N2O4/c1-15-9-17(13-30)10-22-16(2)18(11-21(15)22)12-23-24(28)4-3-20(26(23)29)27(34)31-7-5-19(6-8-31)35-14-25(32)33/h3-4,9-11,16,19H,5-8,12,14H2,1-2H3,(H,32,33). The molecule has 1 amide bonds. The van der Waals surface area contributed by atoms with Gasteiger partial charge in [0.25, 0.3) is 5.91 Å². The van der Waals surface area contributed by atoms with E-state index < -0.39 is 5.97 Å². The van der Waals surface area contributed by atoms with Crippen LogP contribution in [0.25, 0.3) is 6.08 Å². The number of fused-ring (bicyclic) bond motifs is 1. The van der Waals surface area contributed by atoms with Crippen molar-refractivity contribution in [2.45, 2.75) is 45.1 Å². The summed E-state index contributed by atoms with van der Waals surface area (Å²) in [5.41, 5.74) is 6.18. The Labute approximate surface area is 214 Å². The number of amides is 1. The highest BCUT2D eigenvalue weighted by atomic mass is 35.5. The van der Waals surface area contributed by atoms with Gasteiger partial charge in [-0.1, -0.05) is 41.8 Å². The molecule has 1 saturated heterocycles. The fourth-order valence-corrected chi connectivity index (χ4v) is 5.46. The van der Waals surface area contributed by atoms with Crippen molar-refractivity contribution in [1.82, 2.24) is 4.90 Å². The largest absolute Gasteiger partial charge is 0.480 e. The zero-order valence-electron chi connectivity index (χ0n) is 19.6. The van der Waals surface area contributed by atoms with Crippen LogP contribution in [0.1, 0.15) is 63.9 Å². The highest BCUT2D eigenvalue weighted by Gasteiger charge is 2.29. The number of carbonyl (C=O) groups is 2. The van der Waals surface area contributed by atoms with Gasteiger partial charge >= 0.3 is 5.97 Å². The Morgan fingerprint density at radius 1 is 1.23 bits per heavy atom. The summed E-state index contributed by atoms with van der Waals surface area (Å²) < 4.78 is 5.37. The molecule has 182 valence electrons. The smallest absolute Gasteiger partial charge is 0.329 e. The van der Waals surface area contributed by atoms with E-state index in [0.717, 1.165) is 22.3 Å². The first-order valence-electron chi connectivity index (χ1n) is 11.5. The summed E-state index contributed by atoms with van der Waals surface area (Å²) in [7, 11) is 0. The van der Waals surface area contributed by atoms with Crippen LogP contribution in [0.15, 0.2) is 29.8 Å². The third-order valence-corrected chi connectivity index (χ3v) is 7.66. The van der Waals surface area contributed by atoms with Gasteiger partial charge in [-0.15, -0.1) is 0 Å². The van der Waals surface area contributed by atoms with Gasteiger partial charge in [0.05, 0.1) is 28.3 Å². The molecule has 1 aliphatic carbocycles. The molecule has 2 aromatic rings. The third-order valence-electron chi connectivity index (χ3n) is 6.87. The molecule has 4 rings (SSSR count). The molecule has 2 aliphatic rings. The number of hydrogen-bond acceptors (Lipinski definition) is 4. The lowest BCUT2D eigenvalue weighted by Crippen LogP contribution is -2.41. The van der Waals surface area contributed by atoms with Crippen molar-refractivity contribution in [2.75, 3.05) is 19.7 Å². The zero-order chi connectivity index (χ0) is 25.3. The maximum absolute atomic E-state index is 13.3. The molecule has 1 unspecified atom stereocenters. The summed E-state index contributed by atoms with van der Waals surface area (Å²) in [6.45, 7) is 4.71. The number of hydrogen-bond donors (Lipinski definition) is 1. The number of piperidine rings is 1. The number of carbonyl (C=O) groups excluding carboxylic acids is 1. The predicted octanol–water partition coefficient (Wildman–Crippen LogP) is 5.62. The summed E-state index contributed by atoms with van der Waals surface area (Å²) >= 11 is 13.3. The van der Waals surface area contributed by atoms with Crippen molar-refractivity contribution in [2.24, 2.45) is 0 Å². The molecule has 1 N–H and O–H groups in total. The molecule has 0 aromatic heterocycles. The van der Waals surface area contributed by atoms with Crippen molar-refractivity contribution >= 4 is 41.2 Å². The van der Waals surface area contributed by atoms with Gasteiger partial charge < -0.3 is 14.7 Å². The van der Waals surface area contributed by atoms with Crippen LogP contribution in [0.4, 0.5) is 0 Å². The van der Waals surface area contributed by atoms with Crippen LogP contribution in [0.5, 0.6) is 0 Å². The topological polar surface area (TPSA) is 90.6 Å². The number of carboxylic acid groups (broad SMARTS) is 1.